The Morgan fingerprint density at radius 1 is 1.08 bits per heavy atom. The largest absolute Gasteiger partial charge is 0.276 e. The number of non-ortho nitro benzene ring substituents is 1. The molecule has 0 bridgehead atoms. The Balaban J connectivity index is 1.74. The van der Waals surface area contributed by atoms with Crippen molar-refractivity contribution in [3.05, 3.63) is 82.7 Å². The number of rotatable bonds is 6. The highest BCUT2D eigenvalue weighted by molar-refractivity contribution is 7.92. The molecule has 3 aromatic rings. The van der Waals surface area contributed by atoms with Crippen LogP contribution in [-0.4, -0.2) is 23.1 Å². The Morgan fingerprint density at radius 3 is 2.40 bits per heavy atom. The SMILES string of the molecule is O=[N+]([O-])c1ccc(S(=O)(=O)Nc2cnn(Cc3ccccc3)c2)cc1. The van der Waals surface area contributed by atoms with Crippen molar-refractivity contribution in [3.63, 3.8) is 0 Å². The molecule has 0 unspecified atom stereocenters. The minimum atomic E-state index is -3.84. The van der Waals surface area contributed by atoms with Gasteiger partial charge in [0.1, 0.15) is 0 Å². The van der Waals surface area contributed by atoms with Crippen LogP contribution in [0.3, 0.4) is 0 Å². The minimum absolute atomic E-state index is 0.0612. The fourth-order valence-corrected chi connectivity index (χ4v) is 3.26. The lowest BCUT2D eigenvalue weighted by Crippen LogP contribution is -2.12. The summed E-state index contributed by atoms with van der Waals surface area (Å²) in [6.45, 7) is 0.514. The predicted molar refractivity (Wildman–Crippen MR) is 91.7 cm³/mol. The predicted octanol–water partition coefficient (Wildman–Crippen LogP) is 2.64. The van der Waals surface area contributed by atoms with Gasteiger partial charge in [0.05, 0.1) is 28.2 Å². The van der Waals surface area contributed by atoms with Crippen LogP contribution < -0.4 is 4.72 Å². The Morgan fingerprint density at radius 2 is 1.76 bits per heavy atom. The number of sulfonamides is 1. The molecular formula is C16H14N4O4S. The normalized spacial score (nSPS) is 11.2. The zero-order valence-corrected chi connectivity index (χ0v) is 13.8. The topological polar surface area (TPSA) is 107 Å². The Bertz CT molecular complexity index is 982. The molecule has 1 N–H and O–H groups in total. The molecular weight excluding hydrogens is 344 g/mol. The maximum Gasteiger partial charge on any atom is 0.269 e. The van der Waals surface area contributed by atoms with Crippen LogP contribution in [0.25, 0.3) is 0 Å². The lowest BCUT2D eigenvalue weighted by molar-refractivity contribution is -0.384. The number of aromatic nitrogens is 2. The summed E-state index contributed by atoms with van der Waals surface area (Å²) >= 11 is 0. The highest BCUT2D eigenvalue weighted by atomic mass is 32.2. The first-order chi connectivity index (χ1) is 11.9. The van der Waals surface area contributed by atoms with Crippen LogP contribution in [0.15, 0.2) is 71.9 Å². The number of benzene rings is 2. The van der Waals surface area contributed by atoms with E-state index in [4.69, 9.17) is 0 Å². The third kappa shape index (κ3) is 4.01. The number of hydrogen-bond acceptors (Lipinski definition) is 5. The van der Waals surface area contributed by atoms with E-state index in [2.05, 4.69) is 9.82 Å². The number of nitro groups is 1. The van der Waals surface area contributed by atoms with Gasteiger partial charge in [-0.2, -0.15) is 5.10 Å². The number of hydrogen-bond donors (Lipinski definition) is 1. The number of nitrogens with zero attached hydrogens (tertiary/aromatic N) is 3. The molecule has 3 rings (SSSR count). The van der Waals surface area contributed by atoms with E-state index in [1.54, 1.807) is 10.9 Å². The summed E-state index contributed by atoms with van der Waals surface area (Å²) in [5.41, 5.74) is 1.18. The highest BCUT2D eigenvalue weighted by Crippen LogP contribution is 2.19. The third-order valence-corrected chi connectivity index (χ3v) is 4.83. The molecule has 128 valence electrons. The smallest absolute Gasteiger partial charge is 0.269 e. The van der Waals surface area contributed by atoms with Crippen molar-refractivity contribution < 1.29 is 13.3 Å². The van der Waals surface area contributed by atoms with Crippen molar-refractivity contribution in [2.24, 2.45) is 0 Å². The summed E-state index contributed by atoms with van der Waals surface area (Å²) < 4.78 is 28.7. The average Bonchev–Trinajstić information content (AvgIpc) is 3.02. The molecule has 0 aliphatic carbocycles. The molecule has 0 spiro atoms. The molecule has 0 aliphatic heterocycles. The van der Waals surface area contributed by atoms with Crippen molar-refractivity contribution in [2.45, 2.75) is 11.4 Å². The van der Waals surface area contributed by atoms with Gasteiger partial charge in [0, 0.05) is 18.3 Å². The number of anilines is 1. The zero-order valence-electron chi connectivity index (χ0n) is 12.9. The molecule has 0 saturated carbocycles. The maximum absolute atomic E-state index is 12.3. The molecule has 0 fully saturated rings. The van der Waals surface area contributed by atoms with Crippen LogP contribution in [0.4, 0.5) is 11.4 Å². The van der Waals surface area contributed by atoms with Crippen LogP contribution in [-0.2, 0) is 16.6 Å². The van der Waals surface area contributed by atoms with Crippen molar-refractivity contribution >= 4 is 21.4 Å². The van der Waals surface area contributed by atoms with Crippen molar-refractivity contribution in [3.8, 4) is 0 Å². The van der Waals surface area contributed by atoms with Gasteiger partial charge in [-0.25, -0.2) is 8.42 Å². The van der Waals surface area contributed by atoms with Gasteiger partial charge < -0.3 is 0 Å². The molecule has 0 saturated heterocycles. The summed E-state index contributed by atoms with van der Waals surface area (Å²) in [5, 5.41) is 14.8. The van der Waals surface area contributed by atoms with Gasteiger partial charge in [0.2, 0.25) is 0 Å². The Labute approximate surface area is 143 Å². The van der Waals surface area contributed by atoms with E-state index in [-0.39, 0.29) is 10.6 Å². The van der Waals surface area contributed by atoms with Gasteiger partial charge in [0.15, 0.2) is 0 Å². The second-order valence-corrected chi connectivity index (χ2v) is 6.95. The molecule has 0 radical (unpaired) electrons. The number of nitro benzene ring substituents is 1. The van der Waals surface area contributed by atoms with Crippen molar-refractivity contribution in [1.29, 1.82) is 0 Å². The van der Waals surface area contributed by atoms with Crippen LogP contribution in [0.5, 0.6) is 0 Å². The first-order valence-corrected chi connectivity index (χ1v) is 8.76. The molecule has 0 atom stereocenters. The fraction of sp³-hybridized carbons (Fsp3) is 0.0625. The summed E-state index contributed by atoms with van der Waals surface area (Å²) in [4.78, 5) is 9.99. The minimum Gasteiger partial charge on any atom is -0.276 e. The van der Waals surface area contributed by atoms with Gasteiger partial charge in [-0.15, -0.1) is 0 Å². The number of nitrogens with one attached hydrogen (secondary N) is 1. The van der Waals surface area contributed by atoms with E-state index in [1.807, 2.05) is 30.3 Å². The zero-order chi connectivity index (χ0) is 17.9. The van der Waals surface area contributed by atoms with E-state index >= 15 is 0 Å². The Hall–Kier alpha value is -3.20. The lowest BCUT2D eigenvalue weighted by Gasteiger charge is -2.05. The van der Waals surface area contributed by atoms with E-state index < -0.39 is 14.9 Å². The molecule has 8 nitrogen and oxygen atoms in total. The molecule has 2 aromatic carbocycles. The summed E-state index contributed by atoms with van der Waals surface area (Å²) in [5.74, 6) is 0. The van der Waals surface area contributed by atoms with Gasteiger partial charge in [-0.3, -0.25) is 19.5 Å². The van der Waals surface area contributed by atoms with Crippen LogP contribution in [0.1, 0.15) is 5.56 Å². The summed E-state index contributed by atoms with van der Waals surface area (Å²) in [6.07, 6.45) is 2.99. The average molecular weight is 358 g/mol. The Kier molecular flexibility index (Phi) is 4.48. The van der Waals surface area contributed by atoms with Gasteiger partial charge in [-0.1, -0.05) is 30.3 Å². The molecule has 1 aromatic heterocycles. The molecule has 1 heterocycles. The summed E-state index contributed by atoms with van der Waals surface area (Å²) in [7, 11) is -3.84. The van der Waals surface area contributed by atoms with Crippen LogP contribution in [0, 0.1) is 10.1 Å². The van der Waals surface area contributed by atoms with E-state index in [0.717, 1.165) is 17.7 Å². The van der Waals surface area contributed by atoms with E-state index in [0.29, 0.717) is 12.2 Å². The lowest BCUT2D eigenvalue weighted by atomic mass is 10.2. The molecule has 9 heteroatoms. The highest BCUT2D eigenvalue weighted by Gasteiger charge is 2.16. The summed E-state index contributed by atoms with van der Waals surface area (Å²) in [6, 6.07) is 14.3. The van der Waals surface area contributed by atoms with Gasteiger partial charge in [-0.05, 0) is 17.7 Å². The van der Waals surface area contributed by atoms with Crippen molar-refractivity contribution in [2.75, 3.05) is 4.72 Å². The molecule has 0 aliphatic rings. The van der Waals surface area contributed by atoms with Crippen LogP contribution >= 0.6 is 0 Å². The second kappa shape index (κ2) is 6.73. The monoisotopic (exact) mass is 358 g/mol. The standard InChI is InChI=1S/C16H14N4O4S/c21-20(22)15-6-8-16(9-7-15)25(23,24)18-14-10-17-19(12-14)11-13-4-2-1-3-5-13/h1-10,12,18H,11H2. The first kappa shape index (κ1) is 16.7. The van der Waals surface area contributed by atoms with Crippen molar-refractivity contribution in [1.82, 2.24) is 9.78 Å². The van der Waals surface area contributed by atoms with E-state index in [1.165, 1.54) is 18.3 Å². The fourth-order valence-electron chi connectivity index (χ4n) is 2.23. The van der Waals surface area contributed by atoms with Gasteiger partial charge in [0.25, 0.3) is 15.7 Å². The van der Waals surface area contributed by atoms with Crippen LogP contribution in [0.2, 0.25) is 0 Å². The second-order valence-electron chi connectivity index (χ2n) is 5.27. The molecule has 25 heavy (non-hydrogen) atoms. The van der Waals surface area contributed by atoms with E-state index in [9.17, 15) is 18.5 Å². The first-order valence-electron chi connectivity index (χ1n) is 7.28. The van der Waals surface area contributed by atoms with Gasteiger partial charge >= 0.3 is 0 Å². The third-order valence-electron chi connectivity index (χ3n) is 3.43. The maximum atomic E-state index is 12.3. The molecule has 0 amide bonds. The quantitative estimate of drug-likeness (QED) is 0.538.